The van der Waals surface area contributed by atoms with Crippen LogP contribution in [0.2, 0.25) is 0 Å². The third kappa shape index (κ3) is 5.26. The van der Waals surface area contributed by atoms with Crippen LogP contribution in [0.15, 0.2) is 0 Å². The second kappa shape index (κ2) is 3.45. The summed E-state index contributed by atoms with van der Waals surface area (Å²) >= 11 is 0. The van der Waals surface area contributed by atoms with Crippen LogP contribution in [0, 0.1) is 0 Å². The fraction of sp³-hybridized carbons (Fsp3) is 0.500. The monoisotopic (exact) mass is 115 g/mol. The molecule has 0 bridgehead atoms. The van der Waals surface area contributed by atoms with Gasteiger partial charge in [-0.25, -0.2) is 4.79 Å². The fourth-order valence-electron chi connectivity index (χ4n) is 0. The molecule has 0 spiro atoms. The van der Waals surface area contributed by atoms with Gasteiger partial charge in [-0.3, -0.25) is 0 Å². The first kappa shape index (κ1) is 9.54. The molecule has 0 atom stereocenters. The van der Waals surface area contributed by atoms with Crippen LogP contribution in [-0.2, 0) is 4.79 Å². The lowest BCUT2D eigenvalue weighted by atomic mass is 10.7. The highest BCUT2D eigenvalue weighted by Crippen LogP contribution is 1.87. The summed E-state index contributed by atoms with van der Waals surface area (Å²) in [4.78, 5) is 8.95. The van der Waals surface area contributed by atoms with Crippen molar-refractivity contribution < 1.29 is 23.4 Å². The minimum absolute atomic E-state index is 0. The zero-order valence-electron chi connectivity index (χ0n) is 3.07. The molecule has 0 aromatic heterocycles. The second-order valence-electron chi connectivity index (χ2n) is 0.639. The van der Waals surface area contributed by atoms with Gasteiger partial charge in [0.2, 0.25) is 0 Å². The first-order chi connectivity index (χ1) is 2.64. The van der Waals surface area contributed by atoms with Crippen molar-refractivity contribution in [2.45, 2.75) is 6.43 Å². The number of halogens is 3. The van der Waals surface area contributed by atoms with E-state index >= 15 is 0 Å². The lowest BCUT2D eigenvalue weighted by molar-refractivity contribution is -0.149. The Morgan fingerprint density at radius 2 is 1.71 bits per heavy atom. The quantitative estimate of drug-likeness (QED) is 0.405. The highest BCUT2D eigenvalue weighted by Gasteiger charge is 2.10. The molecular weight excluding hydrogens is 113 g/mol. The summed E-state index contributed by atoms with van der Waals surface area (Å²) in [6.45, 7) is 0. The number of rotatable bonds is 1. The van der Waals surface area contributed by atoms with Crippen molar-refractivity contribution in [2.75, 3.05) is 0 Å². The van der Waals surface area contributed by atoms with E-state index in [0.29, 0.717) is 0 Å². The van der Waals surface area contributed by atoms with E-state index in [1.807, 2.05) is 0 Å². The Kier molecular flexibility index (Phi) is 4.70. The summed E-state index contributed by atoms with van der Waals surface area (Å²) < 4.78 is 21.1. The molecule has 0 radical (unpaired) electrons. The summed E-state index contributed by atoms with van der Waals surface area (Å²) in [7, 11) is 0. The number of carboxylic acids is 1. The van der Waals surface area contributed by atoms with E-state index in [1.54, 1.807) is 0 Å². The van der Waals surface area contributed by atoms with E-state index in [9.17, 15) is 8.78 Å². The zero-order chi connectivity index (χ0) is 5.15. The lowest BCUT2D eigenvalue weighted by Crippen LogP contribution is -3.00. The molecule has 0 rings (SSSR count). The molecule has 0 aliphatic rings. The average molecular weight is 115 g/mol. The highest BCUT2D eigenvalue weighted by atomic mass is 19.3. The van der Waals surface area contributed by atoms with Gasteiger partial charge < -0.3 is 9.81 Å². The van der Waals surface area contributed by atoms with E-state index < -0.39 is 12.4 Å². The van der Waals surface area contributed by atoms with Crippen LogP contribution in [0.5, 0.6) is 0 Å². The van der Waals surface area contributed by atoms with Gasteiger partial charge in [-0.05, 0) is 0 Å². The Morgan fingerprint density at radius 3 is 1.71 bits per heavy atom. The normalized spacial score (nSPS) is 7.86. The molecule has 7 heavy (non-hydrogen) atoms. The standard InChI is InChI=1S/C2H2F2O2.FH/c3-1(4)2(5)6;/h1H,(H,5,6);1H/p-1. The van der Waals surface area contributed by atoms with Crippen molar-refractivity contribution in [3.05, 3.63) is 0 Å². The molecule has 0 unspecified atom stereocenters. The Bertz CT molecular complexity index is 62.0. The first-order valence-corrected chi connectivity index (χ1v) is 1.15. The molecule has 0 aliphatic heterocycles. The zero-order valence-corrected chi connectivity index (χ0v) is 3.07. The van der Waals surface area contributed by atoms with Crippen molar-refractivity contribution >= 4 is 5.97 Å². The topological polar surface area (TPSA) is 37.3 Å². The summed E-state index contributed by atoms with van der Waals surface area (Å²) in [6.07, 6.45) is -3.23. The number of carboxylic acid groups (broad SMARTS) is 1. The molecule has 0 amide bonds. The molecule has 0 aliphatic carbocycles. The molecule has 0 aromatic rings. The van der Waals surface area contributed by atoms with Crippen LogP contribution in [0.1, 0.15) is 0 Å². The first-order valence-electron chi connectivity index (χ1n) is 1.15. The molecule has 2 nitrogen and oxygen atoms in total. The maximum Gasteiger partial charge on any atom is 0.371 e. The van der Waals surface area contributed by atoms with Crippen LogP contribution in [0.3, 0.4) is 0 Å². The van der Waals surface area contributed by atoms with Crippen LogP contribution in [-0.4, -0.2) is 17.5 Å². The summed E-state index contributed by atoms with van der Waals surface area (Å²) in [5.74, 6) is -2.07. The Balaban J connectivity index is 0. The minimum atomic E-state index is -3.23. The number of alkyl halides is 2. The average Bonchev–Trinajstić information content (AvgIpc) is 1.36. The number of aliphatic carboxylic acids is 1. The van der Waals surface area contributed by atoms with E-state index in [-0.39, 0.29) is 4.70 Å². The summed E-state index contributed by atoms with van der Waals surface area (Å²) in [5, 5.41) is 7.24. The van der Waals surface area contributed by atoms with Crippen molar-refractivity contribution in [1.82, 2.24) is 0 Å². The van der Waals surface area contributed by atoms with Crippen molar-refractivity contribution in [1.29, 1.82) is 0 Å². The maximum absolute atomic E-state index is 10.6. The van der Waals surface area contributed by atoms with Crippen molar-refractivity contribution in [3.63, 3.8) is 0 Å². The second-order valence-corrected chi connectivity index (χ2v) is 0.639. The predicted molar refractivity (Wildman–Crippen MR) is 13.6 cm³/mol. The number of carbonyl (C=O) groups is 1. The largest absolute Gasteiger partial charge is 1.00 e. The van der Waals surface area contributed by atoms with Gasteiger partial charge in [-0.1, -0.05) is 0 Å². The van der Waals surface area contributed by atoms with E-state index in [0.717, 1.165) is 0 Å². The summed E-state index contributed by atoms with van der Waals surface area (Å²) in [5.41, 5.74) is 0. The molecule has 1 N–H and O–H groups in total. The smallest absolute Gasteiger partial charge is 0.371 e. The van der Waals surface area contributed by atoms with Gasteiger partial charge in [0, 0.05) is 0 Å². The van der Waals surface area contributed by atoms with Crippen LogP contribution >= 0.6 is 0 Å². The highest BCUT2D eigenvalue weighted by molar-refractivity contribution is 5.70. The molecule has 0 saturated carbocycles. The van der Waals surface area contributed by atoms with E-state index in [2.05, 4.69) is 0 Å². The number of hydrogen-bond donors (Lipinski definition) is 1. The fourth-order valence-corrected chi connectivity index (χ4v) is 0. The summed E-state index contributed by atoms with van der Waals surface area (Å²) in [6, 6.07) is 0. The van der Waals surface area contributed by atoms with Crippen molar-refractivity contribution in [3.8, 4) is 0 Å². The number of hydrogen-bond acceptors (Lipinski definition) is 1. The molecule has 5 heteroatoms. The molecule has 0 saturated heterocycles. The van der Waals surface area contributed by atoms with E-state index in [4.69, 9.17) is 9.90 Å². The Hall–Kier alpha value is -0.740. The SMILES string of the molecule is O=C(O)C(F)F.[F-]. The van der Waals surface area contributed by atoms with Gasteiger partial charge in [0.15, 0.2) is 0 Å². The molecule has 0 fully saturated rings. The van der Waals surface area contributed by atoms with Gasteiger partial charge in [-0.15, -0.1) is 0 Å². The van der Waals surface area contributed by atoms with Gasteiger partial charge in [0.25, 0.3) is 0 Å². The van der Waals surface area contributed by atoms with Crippen LogP contribution < -0.4 is 4.70 Å². The maximum atomic E-state index is 10.6. The van der Waals surface area contributed by atoms with Gasteiger partial charge in [0.1, 0.15) is 0 Å². The van der Waals surface area contributed by atoms with Crippen molar-refractivity contribution in [2.24, 2.45) is 0 Å². The molecular formula is C2H2F3O2-. The van der Waals surface area contributed by atoms with Gasteiger partial charge in [-0.2, -0.15) is 8.78 Å². The third-order valence-corrected chi connectivity index (χ3v) is 0.187. The Labute approximate surface area is 37.1 Å². The molecule has 44 valence electrons. The van der Waals surface area contributed by atoms with Gasteiger partial charge >= 0.3 is 12.4 Å². The third-order valence-electron chi connectivity index (χ3n) is 0.187. The predicted octanol–water partition coefficient (Wildman–Crippen LogP) is -2.66. The minimum Gasteiger partial charge on any atom is -1.00 e. The molecule has 0 heterocycles. The van der Waals surface area contributed by atoms with Crippen LogP contribution in [0.25, 0.3) is 0 Å². The van der Waals surface area contributed by atoms with E-state index in [1.165, 1.54) is 0 Å². The van der Waals surface area contributed by atoms with Gasteiger partial charge in [0.05, 0.1) is 0 Å². The van der Waals surface area contributed by atoms with Crippen LogP contribution in [0.4, 0.5) is 8.78 Å². The Morgan fingerprint density at radius 1 is 1.57 bits per heavy atom. The lowest BCUT2D eigenvalue weighted by Gasteiger charge is -1.81. The molecule has 0 aromatic carbocycles.